The Morgan fingerprint density at radius 1 is 1.38 bits per heavy atom. The number of carbonyl (C=O) groups excluding carboxylic acids is 1. The number of aromatic nitrogens is 2. The van der Waals surface area contributed by atoms with Crippen LogP contribution in [-0.2, 0) is 5.54 Å². The highest BCUT2D eigenvalue weighted by molar-refractivity contribution is 5.85. The molecule has 0 aliphatic heterocycles. The van der Waals surface area contributed by atoms with Crippen molar-refractivity contribution < 1.29 is 14.7 Å². The van der Waals surface area contributed by atoms with Crippen molar-refractivity contribution in [3.05, 3.63) is 17.7 Å². The minimum atomic E-state index is -1.05. The summed E-state index contributed by atoms with van der Waals surface area (Å²) in [6.45, 7) is 6.03. The SMILES string of the molecule is CC(C)C(C)NC(=O)NC1(c2ncc(C(=O)O)[nH]2)CCC1. The van der Waals surface area contributed by atoms with Crippen LogP contribution in [0.15, 0.2) is 6.20 Å². The van der Waals surface area contributed by atoms with Gasteiger partial charge >= 0.3 is 12.0 Å². The highest BCUT2D eigenvalue weighted by Crippen LogP contribution is 2.39. The second kappa shape index (κ2) is 5.75. The smallest absolute Gasteiger partial charge is 0.353 e. The molecule has 7 heteroatoms. The standard InChI is InChI=1S/C14H22N4O3/c1-8(2)9(3)16-13(21)18-14(5-4-6-14)12-15-7-10(17-12)11(19)20/h7-9H,4-6H2,1-3H3,(H,15,17)(H,19,20)(H2,16,18,21). The number of carboxylic acids is 1. The Balaban J connectivity index is 2.07. The number of aromatic carboxylic acids is 1. The lowest BCUT2D eigenvalue weighted by Gasteiger charge is -2.41. The summed E-state index contributed by atoms with van der Waals surface area (Å²) in [6, 6.07) is -0.183. The summed E-state index contributed by atoms with van der Waals surface area (Å²) in [5, 5.41) is 14.8. The average molecular weight is 294 g/mol. The Kier molecular flexibility index (Phi) is 4.20. The van der Waals surface area contributed by atoms with Gasteiger partial charge in [-0.15, -0.1) is 0 Å². The van der Waals surface area contributed by atoms with Crippen LogP contribution in [0.25, 0.3) is 0 Å². The van der Waals surface area contributed by atoms with E-state index >= 15 is 0 Å². The third kappa shape index (κ3) is 3.17. The van der Waals surface area contributed by atoms with Crippen LogP contribution in [0.2, 0.25) is 0 Å². The molecule has 21 heavy (non-hydrogen) atoms. The van der Waals surface area contributed by atoms with Gasteiger partial charge in [0.1, 0.15) is 11.5 Å². The fraction of sp³-hybridized carbons (Fsp3) is 0.643. The van der Waals surface area contributed by atoms with Gasteiger partial charge in [-0.3, -0.25) is 0 Å². The lowest BCUT2D eigenvalue weighted by Crippen LogP contribution is -2.56. The number of H-pyrrole nitrogens is 1. The largest absolute Gasteiger partial charge is 0.477 e. The Morgan fingerprint density at radius 3 is 2.48 bits per heavy atom. The zero-order valence-corrected chi connectivity index (χ0v) is 12.6. The van der Waals surface area contributed by atoms with Crippen molar-refractivity contribution in [1.29, 1.82) is 0 Å². The minimum absolute atomic E-state index is 0.0361. The summed E-state index contributed by atoms with van der Waals surface area (Å²) in [5.41, 5.74) is -0.539. The number of amides is 2. The highest BCUT2D eigenvalue weighted by atomic mass is 16.4. The molecule has 1 unspecified atom stereocenters. The number of aromatic amines is 1. The van der Waals surface area contributed by atoms with E-state index in [9.17, 15) is 9.59 Å². The van der Waals surface area contributed by atoms with E-state index in [4.69, 9.17) is 5.11 Å². The van der Waals surface area contributed by atoms with Crippen molar-refractivity contribution in [3.63, 3.8) is 0 Å². The molecule has 1 fully saturated rings. The zero-order valence-electron chi connectivity index (χ0n) is 12.6. The molecule has 1 aliphatic carbocycles. The summed E-state index contributed by atoms with van der Waals surface area (Å²) < 4.78 is 0. The molecular weight excluding hydrogens is 272 g/mol. The van der Waals surface area contributed by atoms with Gasteiger partial charge in [-0.25, -0.2) is 14.6 Å². The molecule has 2 rings (SSSR count). The molecule has 1 aromatic heterocycles. The Labute approximate surface area is 123 Å². The number of nitrogens with zero attached hydrogens (tertiary/aromatic N) is 1. The summed E-state index contributed by atoms with van der Waals surface area (Å²) in [4.78, 5) is 29.9. The van der Waals surface area contributed by atoms with Crippen LogP contribution >= 0.6 is 0 Å². The van der Waals surface area contributed by atoms with Gasteiger partial charge < -0.3 is 20.7 Å². The first-order chi connectivity index (χ1) is 9.84. The van der Waals surface area contributed by atoms with E-state index in [0.717, 1.165) is 19.3 Å². The molecule has 1 atom stereocenters. The summed E-state index contributed by atoms with van der Waals surface area (Å²) in [6.07, 6.45) is 3.77. The van der Waals surface area contributed by atoms with Crippen molar-refractivity contribution in [2.24, 2.45) is 5.92 Å². The third-order valence-electron chi connectivity index (χ3n) is 4.18. The third-order valence-corrected chi connectivity index (χ3v) is 4.18. The molecule has 1 heterocycles. The van der Waals surface area contributed by atoms with Crippen molar-refractivity contribution in [1.82, 2.24) is 20.6 Å². The number of hydrogen-bond donors (Lipinski definition) is 4. The van der Waals surface area contributed by atoms with Crippen LogP contribution < -0.4 is 10.6 Å². The Morgan fingerprint density at radius 2 is 2.05 bits per heavy atom. The first-order valence-corrected chi connectivity index (χ1v) is 7.21. The van der Waals surface area contributed by atoms with Gasteiger partial charge in [0.25, 0.3) is 0 Å². The number of carboxylic acid groups (broad SMARTS) is 1. The van der Waals surface area contributed by atoms with E-state index in [2.05, 4.69) is 20.6 Å². The summed E-state index contributed by atoms with van der Waals surface area (Å²) in [5.74, 6) is -0.199. The second-order valence-corrected chi connectivity index (χ2v) is 6.02. The molecule has 4 N–H and O–H groups in total. The van der Waals surface area contributed by atoms with Gasteiger partial charge in [-0.05, 0) is 32.1 Å². The molecule has 7 nitrogen and oxygen atoms in total. The molecule has 0 bridgehead atoms. The van der Waals surface area contributed by atoms with Crippen LogP contribution in [0.4, 0.5) is 4.79 Å². The first kappa shape index (κ1) is 15.3. The van der Waals surface area contributed by atoms with Gasteiger partial charge in [0.2, 0.25) is 0 Å². The quantitative estimate of drug-likeness (QED) is 0.664. The predicted molar refractivity (Wildman–Crippen MR) is 77.0 cm³/mol. The summed E-state index contributed by atoms with van der Waals surface area (Å²) in [7, 11) is 0. The second-order valence-electron chi connectivity index (χ2n) is 6.02. The fourth-order valence-corrected chi connectivity index (χ4v) is 2.25. The number of nitrogens with one attached hydrogen (secondary N) is 3. The maximum atomic E-state index is 12.1. The van der Waals surface area contributed by atoms with Crippen molar-refractivity contribution in [2.45, 2.75) is 51.6 Å². The van der Waals surface area contributed by atoms with Crippen molar-refractivity contribution in [2.75, 3.05) is 0 Å². The Hall–Kier alpha value is -2.05. The number of urea groups is 1. The van der Waals surface area contributed by atoms with Crippen molar-refractivity contribution >= 4 is 12.0 Å². The minimum Gasteiger partial charge on any atom is -0.477 e. The van der Waals surface area contributed by atoms with Crippen LogP contribution in [-0.4, -0.2) is 33.1 Å². The van der Waals surface area contributed by atoms with Gasteiger partial charge in [-0.1, -0.05) is 13.8 Å². The molecule has 0 saturated heterocycles. The predicted octanol–water partition coefficient (Wildman–Crippen LogP) is 1.83. The normalized spacial score (nSPS) is 17.9. The number of imidazole rings is 1. The molecule has 0 spiro atoms. The lowest BCUT2D eigenvalue weighted by molar-refractivity contribution is 0.0690. The molecule has 0 aromatic carbocycles. The van der Waals surface area contributed by atoms with Crippen LogP contribution in [0.1, 0.15) is 56.3 Å². The van der Waals surface area contributed by atoms with E-state index < -0.39 is 11.5 Å². The van der Waals surface area contributed by atoms with E-state index in [1.807, 2.05) is 20.8 Å². The van der Waals surface area contributed by atoms with Crippen LogP contribution in [0.5, 0.6) is 0 Å². The highest BCUT2D eigenvalue weighted by Gasteiger charge is 2.43. The molecule has 1 aromatic rings. The molecule has 2 amide bonds. The number of carbonyl (C=O) groups is 2. The molecule has 0 radical (unpaired) electrons. The summed E-state index contributed by atoms with van der Waals surface area (Å²) >= 11 is 0. The van der Waals surface area contributed by atoms with Crippen molar-refractivity contribution in [3.8, 4) is 0 Å². The average Bonchev–Trinajstić information content (AvgIpc) is 2.83. The maximum Gasteiger partial charge on any atom is 0.353 e. The van der Waals surface area contributed by atoms with E-state index in [-0.39, 0.29) is 17.8 Å². The van der Waals surface area contributed by atoms with E-state index in [1.165, 1.54) is 6.20 Å². The monoisotopic (exact) mass is 294 g/mol. The molecule has 1 aliphatic rings. The maximum absolute atomic E-state index is 12.1. The van der Waals surface area contributed by atoms with Crippen LogP contribution in [0.3, 0.4) is 0 Å². The van der Waals surface area contributed by atoms with E-state index in [0.29, 0.717) is 11.7 Å². The molecular formula is C14H22N4O3. The van der Waals surface area contributed by atoms with Gasteiger partial charge in [0, 0.05) is 6.04 Å². The fourth-order valence-electron chi connectivity index (χ4n) is 2.25. The van der Waals surface area contributed by atoms with Crippen LogP contribution in [0, 0.1) is 5.92 Å². The Bertz CT molecular complexity index is 534. The number of hydrogen-bond acceptors (Lipinski definition) is 3. The lowest BCUT2D eigenvalue weighted by atomic mass is 9.76. The topological polar surface area (TPSA) is 107 Å². The van der Waals surface area contributed by atoms with Gasteiger partial charge in [0.15, 0.2) is 0 Å². The first-order valence-electron chi connectivity index (χ1n) is 7.21. The van der Waals surface area contributed by atoms with Gasteiger partial charge in [0.05, 0.1) is 11.7 Å². The van der Waals surface area contributed by atoms with Gasteiger partial charge in [-0.2, -0.15) is 0 Å². The molecule has 1 saturated carbocycles. The molecule has 116 valence electrons. The zero-order chi connectivity index (χ0) is 15.6. The van der Waals surface area contributed by atoms with E-state index in [1.54, 1.807) is 0 Å². The number of rotatable bonds is 5.